The van der Waals surface area contributed by atoms with Gasteiger partial charge in [0.2, 0.25) is 0 Å². The van der Waals surface area contributed by atoms with Crippen LogP contribution in [0.3, 0.4) is 0 Å². The van der Waals surface area contributed by atoms with E-state index in [-0.39, 0.29) is 0 Å². The molecule has 0 N–H and O–H groups in total. The van der Waals surface area contributed by atoms with Crippen LogP contribution in [0, 0.1) is 0 Å². The van der Waals surface area contributed by atoms with Crippen molar-refractivity contribution in [2.75, 3.05) is 7.05 Å². The summed E-state index contributed by atoms with van der Waals surface area (Å²) in [5.41, 5.74) is 0. The fraction of sp³-hybridized carbons (Fsp3) is 1.00. The van der Waals surface area contributed by atoms with Gasteiger partial charge in [-0.1, -0.05) is 9.11 Å². The van der Waals surface area contributed by atoms with Gasteiger partial charge in [0, 0.05) is 7.05 Å². The molecular formula is CH3NO3S. The fourth-order valence-electron chi connectivity index (χ4n) is 0. The summed E-state index contributed by atoms with van der Waals surface area (Å²) < 4.78 is 30.3. The van der Waals surface area contributed by atoms with Crippen LogP contribution in [-0.4, -0.2) is 11.3 Å². The Morgan fingerprint density at radius 1 is 1.50 bits per heavy atom. The summed E-state index contributed by atoms with van der Waals surface area (Å²) in [5.74, 6) is 0. The van der Waals surface area contributed by atoms with E-state index in [1.807, 2.05) is 0 Å². The van der Waals surface area contributed by atoms with E-state index in [2.05, 4.69) is 4.36 Å². The van der Waals surface area contributed by atoms with Gasteiger partial charge in [0.1, 0.15) is 0 Å². The molecule has 36 valence electrons. The second-order valence-corrected chi connectivity index (χ2v) is 1.83. The third kappa shape index (κ3) is 3.87. The van der Waals surface area contributed by atoms with Gasteiger partial charge >= 0.3 is 10.3 Å². The number of rotatable bonds is 0. The maximum Gasteiger partial charge on any atom is 0.348 e. The first kappa shape index (κ1) is 5.87. The maximum absolute atomic E-state index is 9.28. The van der Waals surface area contributed by atoms with Gasteiger partial charge < -0.3 is 0 Å². The van der Waals surface area contributed by atoms with Gasteiger partial charge in [-0.2, -0.15) is 8.57 Å². The molecule has 0 atom stereocenters. The summed E-state index contributed by atoms with van der Waals surface area (Å²) in [6, 6.07) is 0. The Labute approximate surface area is 36.0 Å². The smallest absolute Gasteiger partial charge is 0.190 e. The molecule has 0 spiro atoms. The summed E-state index contributed by atoms with van der Waals surface area (Å²) in [5, 5.41) is 0. The SMILES string of the molecule is CN=S([O])([O])=O. The Morgan fingerprint density at radius 3 is 1.67 bits per heavy atom. The number of hydrogen-bond acceptors (Lipinski definition) is 2. The molecule has 0 amide bonds. The molecule has 0 aliphatic heterocycles. The molecular weight excluding hydrogens is 106 g/mol. The number of hydrogen-bond donors (Lipinski definition) is 0. The van der Waals surface area contributed by atoms with Crippen molar-refractivity contribution in [1.82, 2.24) is 0 Å². The van der Waals surface area contributed by atoms with Crippen LogP contribution in [0.2, 0.25) is 0 Å². The van der Waals surface area contributed by atoms with Crippen LogP contribution in [0.5, 0.6) is 0 Å². The van der Waals surface area contributed by atoms with Crippen molar-refractivity contribution in [2.24, 2.45) is 4.36 Å². The molecule has 0 heterocycles. The van der Waals surface area contributed by atoms with Crippen molar-refractivity contribution in [2.45, 2.75) is 0 Å². The normalized spacial score (nSPS) is 11.2. The highest BCUT2D eigenvalue weighted by atomic mass is 32.2. The van der Waals surface area contributed by atoms with Crippen molar-refractivity contribution in [3.05, 3.63) is 0 Å². The van der Waals surface area contributed by atoms with Crippen LogP contribution in [0.4, 0.5) is 0 Å². The van der Waals surface area contributed by atoms with E-state index in [1.54, 1.807) is 0 Å². The van der Waals surface area contributed by atoms with Gasteiger partial charge in [0.25, 0.3) is 0 Å². The van der Waals surface area contributed by atoms with E-state index >= 15 is 0 Å². The first-order chi connectivity index (χ1) is 2.56. The molecule has 0 bridgehead atoms. The van der Waals surface area contributed by atoms with Crippen LogP contribution in [0.1, 0.15) is 0 Å². The second kappa shape index (κ2) is 1.55. The quantitative estimate of drug-likeness (QED) is 0.423. The minimum Gasteiger partial charge on any atom is -0.190 e. The van der Waals surface area contributed by atoms with Crippen LogP contribution >= 0.6 is 0 Å². The zero-order valence-electron chi connectivity index (χ0n) is 3.08. The average molecular weight is 109 g/mol. The molecule has 0 unspecified atom stereocenters. The molecule has 0 rings (SSSR count). The van der Waals surface area contributed by atoms with Gasteiger partial charge in [-0.25, -0.2) is 0 Å². The molecule has 0 fully saturated rings. The Bertz CT molecular complexity index is 124. The van der Waals surface area contributed by atoms with E-state index < -0.39 is 10.3 Å². The molecule has 0 saturated carbocycles. The van der Waals surface area contributed by atoms with E-state index in [1.165, 1.54) is 0 Å². The Hall–Kier alpha value is -0.130. The van der Waals surface area contributed by atoms with Crippen molar-refractivity contribution in [3.8, 4) is 0 Å². The lowest BCUT2D eigenvalue weighted by Crippen LogP contribution is -1.84. The topological polar surface area (TPSA) is 69.2 Å². The second-order valence-electron chi connectivity index (χ2n) is 0.610. The monoisotopic (exact) mass is 109 g/mol. The van der Waals surface area contributed by atoms with E-state index in [0.717, 1.165) is 7.05 Å². The standard InChI is InChI=1S/CH3NO3S/c1-2-6(3,4)5/h1H3. The van der Waals surface area contributed by atoms with Gasteiger partial charge in [0.05, 0.1) is 0 Å². The van der Waals surface area contributed by atoms with Crippen molar-refractivity contribution in [3.63, 3.8) is 0 Å². The Morgan fingerprint density at radius 2 is 1.67 bits per heavy atom. The van der Waals surface area contributed by atoms with E-state index in [9.17, 15) is 13.3 Å². The third-order valence-electron chi connectivity index (χ3n) is 0.224. The van der Waals surface area contributed by atoms with Gasteiger partial charge in [0.15, 0.2) is 0 Å². The lowest BCUT2D eigenvalue weighted by Gasteiger charge is -1.72. The highest BCUT2D eigenvalue weighted by Crippen LogP contribution is 1.77. The molecule has 0 aliphatic carbocycles. The average Bonchev–Trinajstić information content (AvgIpc) is 1.35. The maximum atomic E-state index is 9.28. The summed E-state index contributed by atoms with van der Waals surface area (Å²) in [4.78, 5) is 0. The predicted octanol–water partition coefficient (Wildman–Crippen LogP) is -0.225. The molecule has 2 radical (unpaired) electrons. The molecule has 4 nitrogen and oxygen atoms in total. The first-order valence-corrected chi connectivity index (χ1v) is 2.49. The van der Waals surface area contributed by atoms with Gasteiger partial charge in [-0.15, -0.1) is 0 Å². The van der Waals surface area contributed by atoms with Crippen molar-refractivity contribution >= 4 is 10.3 Å². The molecule has 5 heteroatoms. The largest absolute Gasteiger partial charge is 0.348 e. The minimum atomic E-state index is -4.29. The minimum absolute atomic E-state index is 0.933. The summed E-state index contributed by atoms with van der Waals surface area (Å²) in [7, 11) is -3.35. The first-order valence-electron chi connectivity index (χ1n) is 1.13. The Balaban J connectivity index is 4.24. The van der Waals surface area contributed by atoms with E-state index in [4.69, 9.17) is 0 Å². The highest BCUT2D eigenvalue weighted by molar-refractivity contribution is 7.81. The molecule has 0 saturated heterocycles. The van der Waals surface area contributed by atoms with Gasteiger partial charge in [-0.3, -0.25) is 0 Å². The molecule has 6 heavy (non-hydrogen) atoms. The van der Waals surface area contributed by atoms with Gasteiger partial charge in [-0.05, 0) is 0 Å². The van der Waals surface area contributed by atoms with Crippen LogP contribution < -0.4 is 0 Å². The van der Waals surface area contributed by atoms with Crippen molar-refractivity contribution in [1.29, 1.82) is 0 Å². The number of nitrogens with zero attached hydrogens (tertiary/aromatic N) is 1. The van der Waals surface area contributed by atoms with Crippen molar-refractivity contribution < 1.29 is 13.3 Å². The fourth-order valence-corrected chi connectivity index (χ4v) is 0. The summed E-state index contributed by atoms with van der Waals surface area (Å²) in [6.45, 7) is 0. The zero-order valence-corrected chi connectivity index (χ0v) is 3.90. The van der Waals surface area contributed by atoms with Crippen LogP contribution in [-0.2, 0) is 19.4 Å². The lowest BCUT2D eigenvalue weighted by atomic mass is 11.6. The molecule has 0 aliphatic rings. The molecule has 0 aromatic rings. The summed E-state index contributed by atoms with van der Waals surface area (Å²) in [6.07, 6.45) is 0. The summed E-state index contributed by atoms with van der Waals surface area (Å²) >= 11 is 0. The Kier molecular flexibility index (Phi) is 1.51. The molecule has 0 aromatic heterocycles. The molecule has 0 aromatic carbocycles. The predicted molar refractivity (Wildman–Crippen MR) is 17.9 cm³/mol. The van der Waals surface area contributed by atoms with E-state index in [0.29, 0.717) is 0 Å². The highest BCUT2D eigenvalue weighted by Gasteiger charge is 1.91. The van der Waals surface area contributed by atoms with Crippen LogP contribution in [0.25, 0.3) is 0 Å². The van der Waals surface area contributed by atoms with Crippen LogP contribution in [0.15, 0.2) is 4.36 Å². The zero-order chi connectivity index (χ0) is 5.21. The third-order valence-corrected chi connectivity index (χ3v) is 0.671. The lowest BCUT2D eigenvalue weighted by molar-refractivity contribution is 0.332.